The normalized spacial score (nSPS) is 22.0. The first kappa shape index (κ1) is 21.7. The zero-order valence-electron chi connectivity index (χ0n) is 18.2. The highest BCUT2D eigenvalue weighted by Gasteiger charge is 2.38. The summed E-state index contributed by atoms with van der Waals surface area (Å²) in [6.45, 7) is 4.18. The molecular formula is C24H28ClN3O3S. The van der Waals surface area contributed by atoms with Gasteiger partial charge in [0.2, 0.25) is 15.9 Å². The Morgan fingerprint density at radius 3 is 2.31 bits per heavy atom. The van der Waals surface area contributed by atoms with Crippen LogP contribution in [0.25, 0.3) is 0 Å². The van der Waals surface area contributed by atoms with E-state index in [-0.39, 0.29) is 17.9 Å². The average Bonchev–Trinajstić information content (AvgIpc) is 3.08. The number of anilines is 2. The first-order chi connectivity index (χ1) is 15.3. The summed E-state index contributed by atoms with van der Waals surface area (Å²) in [7, 11) is -3.58. The Morgan fingerprint density at radius 1 is 1.00 bits per heavy atom. The van der Waals surface area contributed by atoms with Crippen LogP contribution in [0.5, 0.6) is 0 Å². The number of carbonyl (C=O) groups is 1. The lowest BCUT2D eigenvalue weighted by Gasteiger charge is -2.35. The number of hydrogen-bond acceptors (Lipinski definition) is 4. The van der Waals surface area contributed by atoms with Crippen molar-refractivity contribution in [2.75, 3.05) is 36.0 Å². The monoisotopic (exact) mass is 473 g/mol. The maximum atomic E-state index is 13.3. The predicted octanol–water partition coefficient (Wildman–Crippen LogP) is 3.93. The van der Waals surface area contributed by atoms with Crippen molar-refractivity contribution in [3.05, 3.63) is 53.1 Å². The Labute approximate surface area is 194 Å². The molecule has 1 unspecified atom stereocenters. The van der Waals surface area contributed by atoms with Crippen molar-refractivity contribution in [3.8, 4) is 0 Å². The van der Waals surface area contributed by atoms with E-state index in [0.717, 1.165) is 36.2 Å². The van der Waals surface area contributed by atoms with Gasteiger partial charge in [0.1, 0.15) is 0 Å². The molecule has 6 nitrogen and oxygen atoms in total. The second-order valence-corrected chi connectivity index (χ2v) is 11.4. The van der Waals surface area contributed by atoms with Crippen molar-refractivity contribution in [2.45, 2.75) is 43.5 Å². The van der Waals surface area contributed by atoms with Gasteiger partial charge in [-0.2, -0.15) is 4.31 Å². The van der Waals surface area contributed by atoms with E-state index >= 15 is 0 Å². The Bertz CT molecular complexity index is 1120. The molecule has 2 heterocycles. The Kier molecular flexibility index (Phi) is 5.68. The van der Waals surface area contributed by atoms with E-state index in [0.29, 0.717) is 42.5 Å². The lowest BCUT2D eigenvalue weighted by Crippen LogP contribution is -2.48. The van der Waals surface area contributed by atoms with E-state index in [1.165, 1.54) is 0 Å². The van der Waals surface area contributed by atoms with Crippen molar-refractivity contribution in [1.82, 2.24) is 4.31 Å². The summed E-state index contributed by atoms with van der Waals surface area (Å²) in [6, 6.07) is 13.0. The van der Waals surface area contributed by atoms with Crippen LogP contribution < -0.4 is 9.80 Å². The molecule has 2 aromatic rings. The Morgan fingerprint density at radius 2 is 1.69 bits per heavy atom. The van der Waals surface area contributed by atoms with Crippen molar-refractivity contribution in [3.63, 3.8) is 0 Å². The fourth-order valence-corrected chi connectivity index (χ4v) is 6.54. The van der Waals surface area contributed by atoms with Gasteiger partial charge < -0.3 is 9.80 Å². The molecule has 0 bridgehead atoms. The molecule has 1 saturated carbocycles. The second kappa shape index (κ2) is 8.36. The first-order valence-corrected chi connectivity index (χ1v) is 13.1. The van der Waals surface area contributed by atoms with Crippen LogP contribution in [0.15, 0.2) is 47.4 Å². The predicted molar refractivity (Wildman–Crippen MR) is 127 cm³/mol. The van der Waals surface area contributed by atoms with Crippen LogP contribution >= 0.6 is 11.6 Å². The van der Waals surface area contributed by atoms with Gasteiger partial charge in [0, 0.05) is 54.5 Å². The fourth-order valence-electron chi connectivity index (χ4n) is 4.94. The quantitative estimate of drug-likeness (QED) is 0.675. The van der Waals surface area contributed by atoms with Gasteiger partial charge in [-0.25, -0.2) is 8.42 Å². The Hall–Kier alpha value is -2.09. The number of amides is 1. The molecule has 5 rings (SSSR count). The molecular weight excluding hydrogens is 446 g/mol. The van der Waals surface area contributed by atoms with Crippen LogP contribution in [0.4, 0.5) is 11.4 Å². The standard InChI is InChI=1S/C24H28ClN3O3S/c1-17-15-19-16-22(9-10-23(19)28(17)24(29)18-3-2-4-18)32(30,31)27-13-11-26(12-14-27)21-7-5-20(25)6-8-21/h5-10,16-18H,2-4,11-15H2,1H3. The molecule has 1 aliphatic carbocycles. The number of sulfonamides is 1. The highest BCUT2D eigenvalue weighted by molar-refractivity contribution is 7.89. The van der Waals surface area contributed by atoms with Gasteiger partial charge in [-0.15, -0.1) is 0 Å². The largest absolute Gasteiger partial charge is 0.369 e. The van der Waals surface area contributed by atoms with Gasteiger partial charge >= 0.3 is 0 Å². The van der Waals surface area contributed by atoms with E-state index in [1.807, 2.05) is 42.2 Å². The van der Waals surface area contributed by atoms with E-state index in [2.05, 4.69) is 4.90 Å². The van der Waals surface area contributed by atoms with Crippen LogP contribution in [0, 0.1) is 5.92 Å². The third-order valence-electron chi connectivity index (χ3n) is 7.03. The topological polar surface area (TPSA) is 60.9 Å². The summed E-state index contributed by atoms with van der Waals surface area (Å²) in [5.74, 6) is 0.320. The summed E-state index contributed by atoms with van der Waals surface area (Å²) in [5, 5.41) is 0.689. The summed E-state index contributed by atoms with van der Waals surface area (Å²) in [4.78, 5) is 17.3. The molecule has 0 radical (unpaired) electrons. The van der Waals surface area contributed by atoms with Gasteiger partial charge in [-0.05, 0) is 74.2 Å². The lowest BCUT2D eigenvalue weighted by atomic mass is 9.84. The second-order valence-electron chi connectivity index (χ2n) is 9.05. The van der Waals surface area contributed by atoms with Gasteiger partial charge in [0.25, 0.3) is 0 Å². The maximum absolute atomic E-state index is 13.3. The van der Waals surface area contributed by atoms with Crippen LogP contribution in [0.3, 0.4) is 0 Å². The number of nitrogens with zero attached hydrogens (tertiary/aromatic N) is 3. The van der Waals surface area contributed by atoms with Gasteiger partial charge in [0.05, 0.1) is 4.90 Å². The van der Waals surface area contributed by atoms with E-state index in [4.69, 9.17) is 11.6 Å². The molecule has 2 fully saturated rings. The molecule has 0 N–H and O–H groups in total. The average molecular weight is 474 g/mol. The van der Waals surface area contributed by atoms with Gasteiger partial charge in [0.15, 0.2) is 0 Å². The maximum Gasteiger partial charge on any atom is 0.243 e. The van der Waals surface area contributed by atoms with Gasteiger partial charge in [-0.3, -0.25) is 4.79 Å². The fraction of sp³-hybridized carbons (Fsp3) is 0.458. The van der Waals surface area contributed by atoms with Crippen LogP contribution in [-0.4, -0.2) is 50.9 Å². The molecule has 0 spiro atoms. The molecule has 8 heteroatoms. The van der Waals surface area contributed by atoms with Crippen LogP contribution in [-0.2, 0) is 21.2 Å². The molecule has 1 amide bonds. The highest BCUT2D eigenvalue weighted by atomic mass is 35.5. The smallest absolute Gasteiger partial charge is 0.243 e. The summed E-state index contributed by atoms with van der Waals surface area (Å²) in [5.41, 5.74) is 2.88. The van der Waals surface area contributed by atoms with Crippen molar-refractivity contribution < 1.29 is 13.2 Å². The molecule has 2 aromatic carbocycles. The van der Waals surface area contributed by atoms with Gasteiger partial charge in [-0.1, -0.05) is 18.0 Å². The molecule has 1 atom stereocenters. The van der Waals surface area contributed by atoms with E-state index < -0.39 is 10.0 Å². The minimum Gasteiger partial charge on any atom is -0.369 e. The number of halogens is 1. The minimum atomic E-state index is -3.58. The third-order valence-corrected chi connectivity index (χ3v) is 9.17. The Balaban J connectivity index is 1.31. The number of rotatable bonds is 4. The van der Waals surface area contributed by atoms with Crippen molar-refractivity contribution in [1.29, 1.82) is 0 Å². The first-order valence-electron chi connectivity index (χ1n) is 11.3. The summed E-state index contributed by atoms with van der Waals surface area (Å²) >= 11 is 5.97. The number of piperazine rings is 1. The van der Waals surface area contributed by atoms with Crippen molar-refractivity contribution in [2.24, 2.45) is 5.92 Å². The molecule has 170 valence electrons. The molecule has 2 aliphatic heterocycles. The molecule has 32 heavy (non-hydrogen) atoms. The lowest BCUT2D eigenvalue weighted by molar-refractivity contribution is -0.125. The SMILES string of the molecule is CC1Cc2cc(S(=O)(=O)N3CCN(c4ccc(Cl)cc4)CC3)ccc2N1C(=O)C1CCC1. The number of hydrogen-bond donors (Lipinski definition) is 0. The number of fused-ring (bicyclic) bond motifs is 1. The molecule has 0 aromatic heterocycles. The molecule has 1 saturated heterocycles. The zero-order chi connectivity index (χ0) is 22.5. The number of benzene rings is 2. The van der Waals surface area contributed by atoms with Crippen molar-refractivity contribution >= 4 is 38.9 Å². The van der Waals surface area contributed by atoms with E-state index in [1.54, 1.807) is 16.4 Å². The minimum absolute atomic E-state index is 0.0685. The third kappa shape index (κ3) is 3.80. The van der Waals surface area contributed by atoms with Crippen LogP contribution in [0.1, 0.15) is 31.7 Å². The number of carbonyl (C=O) groups excluding carboxylic acids is 1. The summed E-state index contributed by atoms with van der Waals surface area (Å²) in [6.07, 6.45) is 3.74. The highest BCUT2D eigenvalue weighted by Crippen LogP contribution is 2.38. The van der Waals surface area contributed by atoms with E-state index in [9.17, 15) is 13.2 Å². The zero-order valence-corrected chi connectivity index (χ0v) is 19.8. The van der Waals surface area contributed by atoms with Crippen LogP contribution in [0.2, 0.25) is 5.02 Å². The molecule has 3 aliphatic rings. The summed E-state index contributed by atoms with van der Waals surface area (Å²) < 4.78 is 28.3.